The largest absolute Gasteiger partial charge is 0.486 e. The summed E-state index contributed by atoms with van der Waals surface area (Å²) < 4.78 is 11.1. The summed E-state index contributed by atoms with van der Waals surface area (Å²) in [6.45, 7) is 3.10. The highest BCUT2D eigenvalue weighted by Gasteiger charge is 2.30. The molecule has 1 unspecified atom stereocenters. The van der Waals surface area contributed by atoms with Crippen molar-refractivity contribution in [3.05, 3.63) is 58.6 Å². The van der Waals surface area contributed by atoms with Crippen molar-refractivity contribution in [2.45, 2.75) is 6.04 Å². The minimum absolute atomic E-state index is 0. The van der Waals surface area contributed by atoms with Crippen molar-refractivity contribution in [2.75, 3.05) is 32.8 Å². The number of carbonyl (C=O) groups is 1. The lowest BCUT2D eigenvalue weighted by molar-refractivity contribution is 0.0633. The molecule has 1 saturated heterocycles. The van der Waals surface area contributed by atoms with E-state index in [1.54, 1.807) is 18.2 Å². The monoisotopic (exact) mass is 394 g/mol. The lowest BCUT2D eigenvalue weighted by Gasteiger charge is -2.37. The predicted octanol–water partition coefficient (Wildman–Crippen LogP) is 3.32. The van der Waals surface area contributed by atoms with Gasteiger partial charge in [0.05, 0.1) is 6.04 Å². The highest BCUT2D eigenvalue weighted by molar-refractivity contribution is 6.31. The first-order valence-electron chi connectivity index (χ1n) is 8.40. The molecule has 1 amide bonds. The van der Waals surface area contributed by atoms with Crippen LogP contribution in [0, 0.1) is 0 Å². The zero-order chi connectivity index (χ0) is 17.2. The number of rotatable bonds is 2. The number of carbonyl (C=O) groups excluding carboxylic acids is 1. The first-order valence-corrected chi connectivity index (χ1v) is 8.77. The molecule has 5 nitrogen and oxygen atoms in total. The molecule has 1 N–H and O–H groups in total. The van der Waals surface area contributed by atoms with Crippen LogP contribution >= 0.6 is 24.0 Å². The van der Waals surface area contributed by atoms with E-state index in [2.05, 4.69) is 5.32 Å². The lowest BCUT2D eigenvalue weighted by atomic mass is 10.0. The molecule has 1 fully saturated rings. The normalized spacial score (nSPS) is 18.8. The molecule has 0 aromatic heterocycles. The molecule has 2 aliphatic heterocycles. The molecule has 0 bridgehead atoms. The molecule has 4 rings (SSSR count). The molecule has 0 radical (unpaired) electrons. The van der Waals surface area contributed by atoms with Gasteiger partial charge < -0.3 is 19.7 Å². The first kappa shape index (κ1) is 18.8. The second kappa shape index (κ2) is 8.16. The summed E-state index contributed by atoms with van der Waals surface area (Å²) in [6.07, 6.45) is 0. The van der Waals surface area contributed by atoms with Crippen LogP contribution in [-0.4, -0.2) is 43.7 Å². The molecule has 0 spiro atoms. The summed E-state index contributed by atoms with van der Waals surface area (Å²) in [5.41, 5.74) is 1.56. The van der Waals surface area contributed by atoms with Gasteiger partial charge in [0.15, 0.2) is 11.5 Å². The summed E-state index contributed by atoms with van der Waals surface area (Å²) in [6, 6.07) is 12.9. The fraction of sp³-hybridized carbons (Fsp3) is 0.316. The topological polar surface area (TPSA) is 50.8 Å². The van der Waals surface area contributed by atoms with Crippen LogP contribution in [0.15, 0.2) is 42.5 Å². The smallest absolute Gasteiger partial charge is 0.254 e. The summed E-state index contributed by atoms with van der Waals surface area (Å²) in [5.74, 6) is 1.29. The number of ether oxygens (including phenoxy) is 2. The second-order valence-electron chi connectivity index (χ2n) is 6.10. The van der Waals surface area contributed by atoms with E-state index in [0.717, 1.165) is 12.1 Å². The molecule has 138 valence electrons. The van der Waals surface area contributed by atoms with Gasteiger partial charge in [-0.05, 0) is 29.8 Å². The Bertz CT molecular complexity index is 800. The molecule has 2 aromatic rings. The molecular weight excluding hydrogens is 375 g/mol. The van der Waals surface area contributed by atoms with E-state index in [0.29, 0.717) is 48.4 Å². The van der Waals surface area contributed by atoms with E-state index >= 15 is 0 Å². The number of benzene rings is 2. The van der Waals surface area contributed by atoms with Gasteiger partial charge in [-0.15, -0.1) is 12.4 Å². The molecule has 2 aromatic carbocycles. The number of hydrogen-bond donors (Lipinski definition) is 1. The molecule has 7 heteroatoms. The van der Waals surface area contributed by atoms with Crippen molar-refractivity contribution in [3.63, 3.8) is 0 Å². The molecule has 2 aliphatic rings. The number of fused-ring (bicyclic) bond motifs is 1. The minimum Gasteiger partial charge on any atom is -0.486 e. The average Bonchev–Trinajstić information content (AvgIpc) is 2.67. The first-order chi connectivity index (χ1) is 12.2. The van der Waals surface area contributed by atoms with E-state index < -0.39 is 0 Å². The number of amides is 1. The van der Waals surface area contributed by atoms with Crippen molar-refractivity contribution in [1.29, 1.82) is 0 Å². The fourth-order valence-electron chi connectivity index (χ4n) is 3.31. The van der Waals surface area contributed by atoms with Gasteiger partial charge >= 0.3 is 0 Å². The summed E-state index contributed by atoms with van der Waals surface area (Å²) in [5, 5.41) is 4.03. The minimum atomic E-state index is -0.0943. The van der Waals surface area contributed by atoms with Crippen molar-refractivity contribution in [2.24, 2.45) is 0 Å². The molecule has 2 heterocycles. The van der Waals surface area contributed by atoms with Crippen LogP contribution in [0.25, 0.3) is 0 Å². The Morgan fingerprint density at radius 1 is 1.12 bits per heavy atom. The SMILES string of the molecule is Cl.O=C(c1ccc2c(c1)OCCO2)N1CCNCC1c1ccccc1Cl. The van der Waals surface area contributed by atoms with E-state index in [-0.39, 0.29) is 24.4 Å². The summed E-state index contributed by atoms with van der Waals surface area (Å²) in [7, 11) is 0. The highest BCUT2D eigenvalue weighted by atomic mass is 35.5. The fourth-order valence-corrected chi connectivity index (χ4v) is 3.57. The van der Waals surface area contributed by atoms with Crippen molar-refractivity contribution in [1.82, 2.24) is 10.2 Å². The van der Waals surface area contributed by atoms with E-state index in [9.17, 15) is 4.79 Å². The molecular formula is C19H20Cl2N2O3. The number of piperazine rings is 1. The molecule has 0 aliphatic carbocycles. The summed E-state index contributed by atoms with van der Waals surface area (Å²) in [4.78, 5) is 15.0. The molecule has 0 saturated carbocycles. The number of nitrogens with zero attached hydrogens (tertiary/aromatic N) is 1. The van der Waals surface area contributed by atoms with Crippen LogP contribution in [-0.2, 0) is 0 Å². The van der Waals surface area contributed by atoms with Crippen molar-refractivity contribution < 1.29 is 14.3 Å². The van der Waals surface area contributed by atoms with Crippen LogP contribution in [0.1, 0.15) is 22.0 Å². The molecule has 1 atom stereocenters. The maximum absolute atomic E-state index is 13.1. The van der Waals surface area contributed by atoms with Crippen molar-refractivity contribution >= 4 is 29.9 Å². The highest BCUT2D eigenvalue weighted by Crippen LogP contribution is 2.33. The van der Waals surface area contributed by atoms with Gasteiger partial charge in [0.2, 0.25) is 0 Å². The van der Waals surface area contributed by atoms with Crippen LogP contribution < -0.4 is 14.8 Å². The predicted molar refractivity (Wildman–Crippen MR) is 103 cm³/mol. The Labute approximate surface area is 163 Å². The average molecular weight is 395 g/mol. The summed E-state index contributed by atoms with van der Waals surface area (Å²) >= 11 is 6.37. The van der Waals surface area contributed by atoms with Gasteiger partial charge in [-0.2, -0.15) is 0 Å². The third kappa shape index (κ3) is 3.61. The van der Waals surface area contributed by atoms with Gasteiger partial charge in [-0.25, -0.2) is 0 Å². The number of nitrogens with one attached hydrogen (secondary N) is 1. The Morgan fingerprint density at radius 2 is 1.88 bits per heavy atom. The van der Waals surface area contributed by atoms with Gasteiger partial charge in [-0.1, -0.05) is 29.8 Å². The third-order valence-corrected chi connectivity index (χ3v) is 4.90. The van der Waals surface area contributed by atoms with E-state index in [1.807, 2.05) is 29.2 Å². The standard InChI is InChI=1S/C19H19ClN2O3.ClH/c20-15-4-2-1-3-14(15)16-12-21-7-8-22(16)19(23)13-5-6-17-18(11-13)25-10-9-24-17;/h1-6,11,16,21H,7-10,12H2;1H. The Morgan fingerprint density at radius 3 is 2.69 bits per heavy atom. The van der Waals surface area contributed by atoms with E-state index in [4.69, 9.17) is 21.1 Å². The zero-order valence-electron chi connectivity index (χ0n) is 14.1. The zero-order valence-corrected chi connectivity index (χ0v) is 15.7. The third-order valence-electron chi connectivity index (χ3n) is 4.56. The Hall–Kier alpha value is -1.95. The molecule has 26 heavy (non-hydrogen) atoms. The number of hydrogen-bond acceptors (Lipinski definition) is 4. The van der Waals surface area contributed by atoms with Crippen LogP contribution in [0.2, 0.25) is 5.02 Å². The quantitative estimate of drug-likeness (QED) is 0.848. The van der Waals surface area contributed by atoms with Gasteiger partial charge in [-0.3, -0.25) is 4.79 Å². The van der Waals surface area contributed by atoms with Gasteiger partial charge in [0.25, 0.3) is 5.91 Å². The lowest BCUT2D eigenvalue weighted by Crippen LogP contribution is -2.48. The van der Waals surface area contributed by atoms with Crippen molar-refractivity contribution in [3.8, 4) is 11.5 Å². The maximum Gasteiger partial charge on any atom is 0.254 e. The van der Waals surface area contributed by atoms with Gasteiger partial charge in [0, 0.05) is 30.2 Å². The van der Waals surface area contributed by atoms with Crippen LogP contribution in [0.4, 0.5) is 0 Å². The van der Waals surface area contributed by atoms with Gasteiger partial charge in [0.1, 0.15) is 13.2 Å². The van der Waals surface area contributed by atoms with Crippen LogP contribution in [0.3, 0.4) is 0 Å². The second-order valence-corrected chi connectivity index (χ2v) is 6.51. The Balaban J connectivity index is 0.00000196. The Kier molecular flexibility index (Phi) is 5.91. The van der Waals surface area contributed by atoms with E-state index in [1.165, 1.54) is 0 Å². The van der Waals surface area contributed by atoms with Crippen LogP contribution in [0.5, 0.6) is 11.5 Å². The maximum atomic E-state index is 13.1. The number of halogens is 2.